The fourth-order valence-electron chi connectivity index (χ4n) is 3.56. The average Bonchev–Trinajstić information content (AvgIpc) is 2.42. The molecule has 0 spiro atoms. The van der Waals surface area contributed by atoms with E-state index >= 15 is 0 Å². The van der Waals surface area contributed by atoms with Crippen molar-refractivity contribution in [2.24, 2.45) is 0 Å². The van der Waals surface area contributed by atoms with Gasteiger partial charge in [-0.15, -0.1) is 0 Å². The maximum atomic E-state index is 12.1. The third-order valence-corrected chi connectivity index (χ3v) is 5.13. The van der Waals surface area contributed by atoms with Crippen LogP contribution >= 0.6 is 0 Å². The third kappa shape index (κ3) is 6.08. The van der Waals surface area contributed by atoms with E-state index in [1.54, 1.807) is 0 Å². The second kappa shape index (κ2) is 8.32. The second-order valence-corrected chi connectivity index (χ2v) is 8.29. The molecule has 0 radical (unpaired) electrons. The van der Waals surface area contributed by atoms with Gasteiger partial charge in [0, 0.05) is 23.9 Å². The van der Waals surface area contributed by atoms with Gasteiger partial charge in [-0.1, -0.05) is 13.3 Å². The molecule has 1 atom stereocenters. The molecule has 1 fully saturated rings. The molecule has 0 aromatic heterocycles. The van der Waals surface area contributed by atoms with Crippen LogP contribution in [0.15, 0.2) is 0 Å². The average molecular weight is 341 g/mol. The summed E-state index contributed by atoms with van der Waals surface area (Å²) >= 11 is 0. The molecule has 5 nitrogen and oxygen atoms in total. The quantitative estimate of drug-likeness (QED) is 0.661. The molecular formula is C19H35NO4. The zero-order valence-electron chi connectivity index (χ0n) is 16.5. The fraction of sp³-hybridized carbons (Fsp3) is 0.895. The number of likely N-dealkylation sites (tertiary alicyclic amines) is 1. The van der Waals surface area contributed by atoms with Crippen LogP contribution in [0.5, 0.6) is 0 Å². The van der Waals surface area contributed by atoms with Gasteiger partial charge in [0.25, 0.3) is 0 Å². The molecule has 1 aliphatic rings. The molecule has 0 aromatic rings. The van der Waals surface area contributed by atoms with Gasteiger partial charge in [-0.05, 0) is 48.1 Å². The molecule has 0 N–H and O–H groups in total. The molecule has 24 heavy (non-hydrogen) atoms. The van der Waals surface area contributed by atoms with Crippen molar-refractivity contribution in [2.75, 3.05) is 7.05 Å². The first kappa shape index (κ1) is 20.9. The topological polar surface area (TPSA) is 55.8 Å². The monoisotopic (exact) mass is 341 g/mol. The van der Waals surface area contributed by atoms with Gasteiger partial charge >= 0.3 is 11.9 Å². The van der Waals surface area contributed by atoms with Crippen molar-refractivity contribution in [2.45, 2.75) is 103 Å². The number of rotatable bonds is 7. The Labute approximate surface area is 147 Å². The molecule has 5 heteroatoms. The minimum absolute atomic E-state index is 0.0266. The van der Waals surface area contributed by atoms with E-state index in [0.717, 1.165) is 25.7 Å². The number of hydrogen-bond acceptors (Lipinski definition) is 5. The number of piperidine rings is 1. The Bertz CT molecular complexity index is 427. The number of carbonyl (C=O) groups is 2. The van der Waals surface area contributed by atoms with E-state index < -0.39 is 0 Å². The first-order chi connectivity index (χ1) is 11.0. The van der Waals surface area contributed by atoms with Crippen LogP contribution in [0.25, 0.3) is 0 Å². The summed E-state index contributed by atoms with van der Waals surface area (Å²) in [5.41, 5.74) is -0.0532. The Morgan fingerprint density at radius 2 is 1.58 bits per heavy atom. The minimum Gasteiger partial charge on any atom is -0.463 e. The van der Waals surface area contributed by atoms with Crippen molar-refractivity contribution in [1.29, 1.82) is 0 Å². The zero-order valence-corrected chi connectivity index (χ0v) is 16.5. The van der Waals surface area contributed by atoms with Crippen molar-refractivity contribution >= 4 is 11.9 Å². The summed E-state index contributed by atoms with van der Waals surface area (Å²) < 4.78 is 10.9. The number of hydrogen-bond donors (Lipinski definition) is 0. The number of nitrogens with zero attached hydrogens (tertiary/aromatic N) is 1. The molecule has 0 amide bonds. The first-order valence-electron chi connectivity index (χ1n) is 9.11. The molecule has 1 saturated heterocycles. The fourth-order valence-corrected chi connectivity index (χ4v) is 3.56. The molecule has 0 aromatic carbocycles. The van der Waals surface area contributed by atoms with Crippen molar-refractivity contribution in [3.8, 4) is 0 Å². The van der Waals surface area contributed by atoms with Gasteiger partial charge in [0.15, 0.2) is 0 Å². The number of esters is 2. The predicted octanol–water partition coefficient (Wildman–Crippen LogP) is 3.69. The Morgan fingerprint density at radius 3 is 2.08 bits per heavy atom. The summed E-state index contributed by atoms with van der Waals surface area (Å²) in [6.07, 6.45) is 3.40. The highest BCUT2D eigenvalue weighted by atomic mass is 16.5. The highest BCUT2D eigenvalue weighted by Crippen LogP contribution is 2.38. The van der Waals surface area contributed by atoms with Gasteiger partial charge in [0.05, 0.1) is 18.9 Å². The highest BCUT2D eigenvalue weighted by molar-refractivity contribution is 5.77. The molecule has 140 valence electrons. The van der Waals surface area contributed by atoms with Crippen molar-refractivity contribution in [3.05, 3.63) is 0 Å². The van der Waals surface area contributed by atoms with Crippen LogP contribution in [-0.4, -0.2) is 47.2 Å². The summed E-state index contributed by atoms with van der Waals surface area (Å²) in [5.74, 6) is -0.631. The molecule has 0 saturated carbocycles. The third-order valence-electron chi connectivity index (χ3n) is 5.13. The van der Waals surface area contributed by atoms with E-state index in [1.807, 2.05) is 13.8 Å². The zero-order chi connectivity index (χ0) is 18.5. The van der Waals surface area contributed by atoms with Crippen LogP contribution in [0, 0.1) is 0 Å². The maximum Gasteiger partial charge on any atom is 0.306 e. The molecule has 1 unspecified atom stereocenters. The standard InChI is InChI=1S/C19H35NO4/c1-8-9-14(2)23-16(21)10-11-17(22)24-15-12-18(3,4)20(7)19(5,6)13-15/h14-15H,8-13H2,1-7H3. The van der Waals surface area contributed by atoms with Gasteiger partial charge < -0.3 is 9.47 Å². The first-order valence-corrected chi connectivity index (χ1v) is 9.11. The van der Waals surface area contributed by atoms with Gasteiger partial charge in [-0.3, -0.25) is 14.5 Å². The normalized spacial score (nSPS) is 22.0. The second-order valence-electron chi connectivity index (χ2n) is 8.29. The Hall–Kier alpha value is -1.10. The molecule has 1 aliphatic heterocycles. The van der Waals surface area contributed by atoms with Crippen molar-refractivity contribution < 1.29 is 19.1 Å². The van der Waals surface area contributed by atoms with E-state index in [-0.39, 0.29) is 48.1 Å². The van der Waals surface area contributed by atoms with Crippen molar-refractivity contribution in [1.82, 2.24) is 4.90 Å². The minimum atomic E-state index is -0.322. The van der Waals surface area contributed by atoms with Gasteiger partial charge in [0.1, 0.15) is 6.10 Å². The van der Waals surface area contributed by atoms with Gasteiger partial charge in [0.2, 0.25) is 0 Å². The SMILES string of the molecule is CCCC(C)OC(=O)CCC(=O)OC1CC(C)(C)N(C)C(C)(C)C1. The summed E-state index contributed by atoms with van der Waals surface area (Å²) in [6.45, 7) is 12.6. The summed E-state index contributed by atoms with van der Waals surface area (Å²) in [5, 5.41) is 0. The number of carbonyl (C=O) groups excluding carboxylic acids is 2. The predicted molar refractivity (Wildman–Crippen MR) is 94.7 cm³/mol. The van der Waals surface area contributed by atoms with E-state index in [4.69, 9.17) is 9.47 Å². The van der Waals surface area contributed by atoms with E-state index in [0.29, 0.717) is 0 Å². The lowest BCUT2D eigenvalue weighted by Crippen LogP contribution is -2.60. The van der Waals surface area contributed by atoms with Crippen LogP contribution in [0.2, 0.25) is 0 Å². The largest absolute Gasteiger partial charge is 0.463 e. The van der Waals surface area contributed by atoms with Gasteiger partial charge in [-0.25, -0.2) is 0 Å². The summed E-state index contributed by atoms with van der Waals surface area (Å²) in [6, 6.07) is 0. The molecule has 1 heterocycles. The summed E-state index contributed by atoms with van der Waals surface area (Å²) in [4.78, 5) is 26.2. The lowest BCUT2D eigenvalue weighted by atomic mass is 9.79. The maximum absolute atomic E-state index is 12.1. The molecule has 0 aliphatic carbocycles. The molecule has 1 rings (SSSR count). The highest BCUT2D eigenvalue weighted by Gasteiger charge is 2.44. The van der Waals surface area contributed by atoms with Crippen LogP contribution in [0.4, 0.5) is 0 Å². The lowest BCUT2D eigenvalue weighted by Gasteiger charge is -2.53. The van der Waals surface area contributed by atoms with Crippen molar-refractivity contribution in [3.63, 3.8) is 0 Å². The Kier molecular flexibility index (Phi) is 7.26. The van der Waals surface area contributed by atoms with E-state index in [9.17, 15) is 9.59 Å². The smallest absolute Gasteiger partial charge is 0.306 e. The molecular weight excluding hydrogens is 306 g/mol. The van der Waals surface area contributed by atoms with Crippen LogP contribution in [0.3, 0.4) is 0 Å². The Balaban J connectivity index is 2.44. The van der Waals surface area contributed by atoms with Gasteiger partial charge in [-0.2, -0.15) is 0 Å². The van der Waals surface area contributed by atoms with E-state index in [1.165, 1.54) is 0 Å². The molecule has 0 bridgehead atoms. The summed E-state index contributed by atoms with van der Waals surface area (Å²) in [7, 11) is 2.12. The van der Waals surface area contributed by atoms with Crippen LogP contribution in [-0.2, 0) is 19.1 Å². The number of ether oxygens (including phenoxy) is 2. The van der Waals surface area contributed by atoms with Crippen LogP contribution < -0.4 is 0 Å². The van der Waals surface area contributed by atoms with E-state index in [2.05, 4.69) is 39.6 Å². The Morgan fingerprint density at radius 1 is 1.08 bits per heavy atom. The lowest BCUT2D eigenvalue weighted by molar-refractivity contribution is -0.162. The van der Waals surface area contributed by atoms with Crippen LogP contribution in [0.1, 0.15) is 80.1 Å².